The summed E-state index contributed by atoms with van der Waals surface area (Å²) in [5.41, 5.74) is 2.50. The highest BCUT2D eigenvalue weighted by Crippen LogP contribution is 2.50. The summed E-state index contributed by atoms with van der Waals surface area (Å²) in [5, 5.41) is 18.8. The number of likely N-dealkylation sites (tertiary alicyclic amines) is 1. The van der Waals surface area contributed by atoms with E-state index in [1.54, 1.807) is 12.1 Å². The molecular weight excluding hydrogens is 357 g/mol. The topological polar surface area (TPSA) is 69.2 Å². The summed E-state index contributed by atoms with van der Waals surface area (Å²) < 4.78 is 13.3. The van der Waals surface area contributed by atoms with Crippen LogP contribution in [0.4, 0.5) is 4.39 Å². The van der Waals surface area contributed by atoms with Crippen LogP contribution >= 0.6 is 0 Å². The second-order valence-corrected chi connectivity index (χ2v) is 8.92. The SMILES string of the molecule is CC1CCc2[nH]nc(C(=O)N3C[C@H]4CC[C@](O)(c5ccc(F)cc5)[C@H]4C3)c2C1. The number of H-pyrrole nitrogens is 1. The van der Waals surface area contributed by atoms with Gasteiger partial charge in [0.2, 0.25) is 0 Å². The maximum atomic E-state index is 13.3. The Morgan fingerprint density at radius 2 is 2.07 bits per heavy atom. The fraction of sp³-hybridized carbons (Fsp3) is 0.545. The molecule has 148 valence electrons. The number of nitrogens with one attached hydrogen (secondary N) is 1. The number of amides is 1. The number of nitrogens with zero attached hydrogens (tertiary/aromatic N) is 2. The summed E-state index contributed by atoms with van der Waals surface area (Å²) >= 11 is 0. The van der Waals surface area contributed by atoms with Gasteiger partial charge < -0.3 is 10.0 Å². The molecule has 1 aromatic heterocycles. The van der Waals surface area contributed by atoms with Crippen LogP contribution in [-0.2, 0) is 18.4 Å². The van der Waals surface area contributed by atoms with Crippen LogP contribution in [0.15, 0.2) is 24.3 Å². The number of benzene rings is 1. The predicted molar refractivity (Wildman–Crippen MR) is 102 cm³/mol. The molecule has 2 aliphatic carbocycles. The first kappa shape index (κ1) is 17.9. The molecule has 2 N–H and O–H groups in total. The van der Waals surface area contributed by atoms with Crippen molar-refractivity contribution in [1.29, 1.82) is 0 Å². The molecule has 1 aromatic carbocycles. The molecule has 5 nitrogen and oxygen atoms in total. The first-order valence-electron chi connectivity index (χ1n) is 10.3. The van der Waals surface area contributed by atoms with Crippen LogP contribution in [0.5, 0.6) is 0 Å². The van der Waals surface area contributed by atoms with E-state index in [4.69, 9.17) is 0 Å². The zero-order valence-corrected chi connectivity index (χ0v) is 16.1. The number of aromatic nitrogens is 2. The monoisotopic (exact) mass is 383 g/mol. The van der Waals surface area contributed by atoms with E-state index in [9.17, 15) is 14.3 Å². The van der Waals surface area contributed by atoms with Crippen molar-refractivity contribution < 1.29 is 14.3 Å². The minimum atomic E-state index is -0.993. The molecule has 2 heterocycles. The lowest BCUT2D eigenvalue weighted by atomic mass is 9.82. The van der Waals surface area contributed by atoms with Crippen LogP contribution in [0.1, 0.15) is 53.5 Å². The van der Waals surface area contributed by atoms with Gasteiger partial charge in [0.1, 0.15) is 5.82 Å². The van der Waals surface area contributed by atoms with Crippen LogP contribution in [0.25, 0.3) is 0 Å². The van der Waals surface area contributed by atoms with Crippen molar-refractivity contribution in [3.8, 4) is 0 Å². The number of aryl methyl sites for hydroxylation is 1. The van der Waals surface area contributed by atoms with Gasteiger partial charge in [0.05, 0.1) is 5.60 Å². The zero-order chi connectivity index (χ0) is 19.5. The van der Waals surface area contributed by atoms with Gasteiger partial charge >= 0.3 is 0 Å². The number of fused-ring (bicyclic) bond motifs is 2. The molecule has 1 amide bonds. The van der Waals surface area contributed by atoms with Crippen molar-refractivity contribution in [2.45, 2.75) is 44.6 Å². The van der Waals surface area contributed by atoms with Gasteiger partial charge in [-0.15, -0.1) is 0 Å². The summed E-state index contributed by atoms with van der Waals surface area (Å²) in [6.45, 7) is 3.39. The van der Waals surface area contributed by atoms with E-state index in [1.165, 1.54) is 12.1 Å². The Morgan fingerprint density at radius 1 is 1.29 bits per heavy atom. The van der Waals surface area contributed by atoms with Crippen LogP contribution in [0.2, 0.25) is 0 Å². The highest BCUT2D eigenvalue weighted by atomic mass is 19.1. The largest absolute Gasteiger partial charge is 0.385 e. The molecule has 0 spiro atoms. The highest BCUT2D eigenvalue weighted by Gasteiger charge is 2.53. The molecule has 1 saturated carbocycles. The Labute approximate surface area is 163 Å². The van der Waals surface area contributed by atoms with E-state index in [-0.39, 0.29) is 23.6 Å². The first-order valence-corrected chi connectivity index (χ1v) is 10.3. The number of carbonyl (C=O) groups is 1. The normalized spacial score (nSPS) is 31.7. The lowest BCUT2D eigenvalue weighted by Gasteiger charge is -2.30. The minimum absolute atomic E-state index is 0.0180. The Hall–Kier alpha value is -2.21. The van der Waals surface area contributed by atoms with E-state index in [1.807, 2.05) is 4.90 Å². The standard InChI is InChI=1S/C22H26FN3O2/c1-13-2-7-19-17(10-13)20(25-24-19)21(27)26-11-14-8-9-22(28,18(14)12-26)15-3-5-16(23)6-4-15/h3-6,13-14,18,28H,2,7-12H2,1H3,(H,24,25)/t13?,14-,18+,22+/m1/s1. The van der Waals surface area contributed by atoms with Gasteiger partial charge in [0.25, 0.3) is 5.91 Å². The van der Waals surface area contributed by atoms with Gasteiger partial charge in [-0.3, -0.25) is 9.89 Å². The second kappa shape index (κ2) is 6.41. The lowest BCUT2D eigenvalue weighted by molar-refractivity contribution is -0.00596. The van der Waals surface area contributed by atoms with Gasteiger partial charge in [0.15, 0.2) is 5.69 Å². The van der Waals surface area contributed by atoms with Gasteiger partial charge in [-0.1, -0.05) is 19.1 Å². The van der Waals surface area contributed by atoms with Crippen LogP contribution in [-0.4, -0.2) is 39.2 Å². The average Bonchev–Trinajstić information content (AvgIpc) is 3.37. The Balaban J connectivity index is 1.38. The molecule has 6 heteroatoms. The summed E-state index contributed by atoms with van der Waals surface area (Å²) in [6, 6.07) is 6.15. The molecular formula is C22H26FN3O2. The smallest absolute Gasteiger partial charge is 0.274 e. The first-order chi connectivity index (χ1) is 13.5. The fourth-order valence-electron chi connectivity index (χ4n) is 5.55. The third-order valence-corrected chi connectivity index (χ3v) is 7.18. The quantitative estimate of drug-likeness (QED) is 0.838. The number of hydrogen-bond acceptors (Lipinski definition) is 3. The highest BCUT2D eigenvalue weighted by molar-refractivity contribution is 5.94. The van der Waals surface area contributed by atoms with E-state index in [0.717, 1.165) is 42.5 Å². The molecule has 28 heavy (non-hydrogen) atoms. The summed E-state index contributed by atoms with van der Waals surface area (Å²) in [5.74, 6) is 0.492. The molecule has 3 aliphatic rings. The molecule has 5 rings (SSSR count). The Morgan fingerprint density at radius 3 is 2.86 bits per heavy atom. The zero-order valence-electron chi connectivity index (χ0n) is 16.1. The van der Waals surface area contributed by atoms with E-state index < -0.39 is 5.60 Å². The molecule has 4 atom stereocenters. The van der Waals surface area contributed by atoms with Gasteiger partial charge in [-0.25, -0.2) is 4.39 Å². The summed E-state index contributed by atoms with van der Waals surface area (Å²) in [6.07, 6.45) is 4.50. The lowest BCUT2D eigenvalue weighted by Crippen LogP contribution is -2.37. The summed E-state index contributed by atoms with van der Waals surface area (Å²) in [4.78, 5) is 15.1. The van der Waals surface area contributed by atoms with Crippen molar-refractivity contribution in [3.63, 3.8) is 0 Å². The maximum absolute atomic E-state index is 13.3. The van der Waals surface area contributed by atoms with Crippen molar-refractivity contribution in [2.75, 3.05) is 13.1 Å². The van der Waals surface area contributed by atoms with E-state index >= 15 is 0 Å². The predicted octanol–water partition coefficient (Wildman–Crippen LogP) is 3.04. The summed E-state index contributed by atoms with van der Waals surface area (Å²) in [7, 11) is 0. The molecule has 2 aromatic rings. The van der Waals surface area contributed by atoms with Crippen LogP contribution < -0.4 is 0 Å². The molecule has 1 aliphatic heterocycles. The number of carbonyl (C=O) groups excluding carboxylic acids is 1. The van der Waals surface area contributed by atoms with Crippen LogP contribution in [0.3, 0.4) is 0 Å². The van der Waals surface area contributed by atoms with E-state index in [0.29, 0.717) is 31.1 Å². The minimum Gasteiger partial charge on any atom is -0.385 e. The molecule has 1 unspecified atom stereocenters. The molecule has 1 saturated heterocycles. The number of halogens is 1. The fourth-order valence-corrected chi connectivity index (χ4v) is 5.55. The van der Waals surface area contributed by atoms with Crippen molar-refractivity contribution in [2.24, 2.45) is 17.8 Å². The average molecular weight is 383 g/mol. The Kier molecular flexibility index (Phi) is 4.09. The van der Waals surface area contributed by atoms with Crippen molar-refractivity contribution in [1.82, 2.24) is 15.1 Å². The second-order valence-electron chi connectivity index (χ2n) is 8.92. The Bertz CT molecular complexity index is 909. The van der Waals surface area contributed by atoms with Crippen molar-refractivity contribution in [3.05, 3.63) is 52.6 Å². The maximum Gasteiger partial charge on any atom is 0.274 e. The number of aromatic amines is 1. The third-order valence-electron chi connectivity index (χ3n) is 7.18. The van der Waals surface area contributed by atoms with Crippen molar-refractivity contribution >= 4 is 5.91 Å². The third kappa shape index (κ3) is 2.69. The number of hydrogen-bond donors (Lipinski definition) is 2. The van der Waals surface area contributed by atoms with Gasteiger partial charge in [0, 0.05) is 30.3 Å². The molecule has 0 bridgehead atoms. The molecule has 0 radical (unpaired) electrons. The number of rotatable bonds is 2. The van der Waals surface area contributed by atoms with E-state index in [2.05, 4.69) is 17.1 Å². The molecule has 2 fully saturated rings. The number of aliphatic hydroxyl groups is 1. The van der Waals surface area contributed by atoms with Gasteiger partial charge in [-0.05, 0) is 61.6 Å². The van der Waals surface area contributed by atoms with Crippen LogP contribution in [0, 0.1) is 23.6 Å². The van der Waals surface area contributed by atoms with Gasteiger partial charge in [-0.2, -0.15) is 5.10 Å².